The average Bonchev–Trinajstić information content (AvgIpc) is 3.45. The predicted octanol–water partition coefficient (Wildman–Crippen LogP) is 6.36. The van der Waals surface area contributed by atoms with Crippen LogP contribution in [-0.2, 0) is 11.3 Å². The quantitative estimate of drug-likeness (QED) is 0.352. The fourth-order valence-corrected chi connectivity index (χ4v) is 5.76. The van der Waals surface area contributed by atoms with Crippen LogP contribution < -0.4 is 9.64 Å². The number of aryl methyl sites for hydroxylation is 2. The zero-order valence-corrected chi connectivity index (χ0v) is 24.1. The molecular weight excluding hydrogens is 490 g/mol. The molecule has 3 aromatic rings. The van der Waals surface area contributed by atoms with E-state index in [1.54, 1.807) is 12.0 Å². The van der Waals surface area contributed by atoms with E-state index in [1.807, 2.05) is 19.3 Å². The van der Waals surface area contributed by atoms with Crippen LogP contribution in [0.2, 0.25) is 0 Å². The van der Waals surface area contributed by atoms with E-state index in [-0.39, 0.29) is 18.2 Å². The Morgan fingerprint density at radius 3 is 2.44 bits per heavy atom. The van der Waals surface area contributed by atoms with Gasteiger partial charge < -0.3 is 14.4 Å². The molecule has 4 heterocycles. The van der Waals surface area contributed by atoms with Crippen molar-refractivity contribution < 1.29 is 14.3 Å². The summed E-state index contributed by atoms with van der Waals surface area (Å²) in [6, 6.07) is 8.63. The Morgan fingerprint density at radius 1 is 1.05 bits per heavy atom. The van der Waals surface area contributed by atoms with E-state index < -0.39 is 0 Å². The molecule has 8 heteroatoms. The van der Waals surface area contributed by atoms with Gasteiger partial charge in [-0.3, -0.25) is 4.90 Å². The van der Waals surface area contributed by atoms with E-state index in [4.69, 9.17) is 19.4 Å². The maximum absolute atomic E-state index is 13.3. The van der Waals surface area contributed by atoms with E-state index in [0.717, 1.165) is 58.5 Å². The van der Waals surface area contributed by atoms with Crippen LogP contribution in [0.25, 0.3) is 11.1 Å². The second-order valence-electron chi connectivity index (χ2n) is 11.3. The molecule has 2 saturated heterocycles. The molecule has 1 amide bonds. The molecule has 206 valence electrons. The van der Waals surface area contributed by atoms with Gasteiger partial charge in [-0.05, 0) is 63.6 Å². The van der Waals surface area contributed by atoms with Crippen LogP contribution >= 0.6 is 0 Å². The molecule has 0 spiro atoms. The third-order valence-electron chi connectivity index (χ3n) is 7.97. The number of hydrogen-bond acceptors (Lipinski definition) is 7. The third kappa shape index (κ3) is 5.29. The summed E-state index contributed by atoms with van der Waals surface area (Å²) in [4.78, 5) is 31.7. The molecule has 2 aliphatic heterocycles. The molecule has 39 heavy (non-hydrogen) atoms. The number of ether oxygens (including phenoxy) is 2. The van der Waals surface area contributed by atoms with E-state index in [1.165, 1.54) is 0 Å². The fraction of sp³-hybridized carbons (Fsp3) is 0.484. The van der Waals surface area contributed by atoms with Crippen molar-refractivity contribution in [1.82, 2.24) is 19.9 Å². The number of benzene rings is 1. The zero-order chi connectivity index (χ0) is 27.8. The second-order valence-corrected chi connectivity index (χ2v) is 11.3. The minimum atomic E-state index is -0.347. The van der Waals surface area contributed by atoms with Crippen LogP contribution in [-0.4, -0.2) is 51.7 Å². The average molecular weight is 530 g/mol. The van der Waals surface area contributed by atoms with Gasteiger partial charge in [-0.1, -0.05) is 43.2 Å². The third-order valence-corrected chi connectivity index (χ3v) is 7.97. The summed E-state index contributed by atoms with van der Waals surface area (Å²) >= 11 is 0. The Kier molecular flexibility index (Phi) is 7.47. The number of anilines is 1. The molecule has 0 aliphatic carbocycles. The van der Waals surface area contributed by atoms with Crippen molar-refractivity contribution in [2.24, 2.45) is 0 Å². The Balaban J connectivity index is 1.56. The number of nitrogens with zero attached hydrogens (tertiary/aromatic N) is 5. The highest BCUT2D eigenvalue weighted by Gasteiger charge is 2.40. The highest BCUT2D eigenvalue weighted by atomic mass is 16.6. The monoisotopic (exact) mass is 529 g/mol. The normalized spacial score (nSPS) is 21.1. The van der Waals surface area contributed by atoms with Crippen molar-refractivity contribution in [3.05, 3.63) is 64.6 Å². The molecule has 2 aromatic heterocycles. The van der Waals surface area contributed by atoms with Crippen LogP contribution in [0.4, 0.5) is 10.7 Å². The summed E-state index contributed by atoms with van der Waals surface area (Å²) in [5.41, 5.74) is 6.80. The maximum atomic E-state index is 13.3. The molecule has 2 aliphatic rings. The number of amides is 1. The van der Waals surface area contributed by atoms with Gasteiger partial charge in [0.15, 0.2) is 0 Å². The molecule has 5 rings (SSSR count). The lowest BCUT2D eigenvalue weighted by atomic mass is 9.98. The number of hydrogen-bond donors (Lipinski definition) is 0. The van der Waals surface area contributed by atoms with Gasteiger partial charge in [-0.2, -0.15) is 0 Å². The summed E-state index contributed by atoms with van der Waals surface area (Å²) in [6.45, 7) is 13.9. The van der Waals surface area contributed by atoms with Crippen molar-refractivity contribution in [3.63, 3.8) is 0 Å². The molecule has 1 aromatic carbocycles. The van der Waals surface area contributed by atoms with Crippen molar-refractivity contribution >= 4 is 12.0 Å². The number of pyridine rings is 1. The summed E-state index contributed by atoms with van der Waals surface area (Å²) in [5.74, 6) is 1.50. The molecule has 0 radical (unpaired) electrons. The minimum absolute atomic E-state index is 0.169. The first-order valence-electron chi connectivity index (χ1n) is 13.9. The number of methoxy groups -OCH3 is 1. The summed E-state index contributed by atoms with van der Waals surface area (Å²) < 4.78 is 11.6. The van der Waals surface area contributed by atoms with Gasteiger partial charge in [-0.25, -0.2) is 19.7 Å². The van der Waals surface area contributed by atoms with Crippen molar-refractivity contribution in [2.75, 3.05) is 18.6 Å². The van der Waals surface area contributed by atoms with Crippen LogP contribution in [0, 0.1) is 13.8 Å². The maximum Gasteiger partial charge on any atom is 0.411 e. The first-order chi connectivity index (χ1) is 18.7. The van der Waals surface area contributed by atoms with Crippen molar-refractivity contribution in [3.8, 4) is 17.0 Å². The van der Waals surface area contributed by atoms with Crippen molar-refractivity contribution in [1.29, 1.82) is 0 Å². The van der Waals surface area contributed by atoms with E-state index in [0.29, 0.717) is 30.3 Å². The Hall–Kier alpha value is -3.68. The predicted molar refractivity (Wildman–Crippen MR) is 152 cm³/mol. The van der Waals surface area contributed by atoms with Crippen LogP contribution in [0.15, 0.2) is 36.7 Å². The van der Waals surface area contributed by atoms with E-state index in [9.17, 15) is 4.79 Å². The van der Waals surface area contributed by atoms with Gasteiger partial charge in [0, 0.05) is 36.1 Å². The Bertz CT molecular complexity index is 1350. The molecule has 0 saturated carbocycles. The molecule has 0 unspecified atom stereocenters. The lowest BCUT2D eigenvalue weighted by Crippen LogP contribution is -2.33. The smallest absolute Gasteiger partial charge is 0.411 e. The van der Waals surface area contributed by atoms with Gasteiger partial charge in [0.05, 0.1) is 25.4 Å². The zero-order valence-electron chi connectivity index (χ0n) is 24.1. The molecule has 3 atom stereocenters. The van der Waals surface area contributed by atoms with Crippen LogP contribution in [0.5, 0.6) is 5.88 Å². The minimum Gasteiger partial charge on any atom is -0.481 e. The van der Waals surface area contributed by atoms with Crippen molar-refractivity contribution in [2.45, 2.75) is 85.0 Å². The van der Waals surface area contributed by atoms with Gasteiger partial charge in [-0.15, -0.1) is 0 Å². The summed E-state index contributed by atoms with van der Waals surface area (Å²) in [5, 5.41) is 0. The molecule has 0 N–H and O–H groups in total. The number of aromatic nitrogens is 3. The highest BCUT2D eigenvalue weighted by Crippen LogP contribution is 2.38. The van der Waals surface area contributed by atoms with E-state index in [2.05, 4.69) is 68.8 Å². The van der Waals surface area contributed by atoms with Gasteiger partial charge in [0.1, 0.15) is 6.10 Å². The molecule has 8 nitrogen and oxygen atoms in total. The lowest BCUT2D eigenvalue weighted by molar-refractivity contribution is 0.130. The largest absolute Gasteiger partial charge is 0.481 e. The summed E-state index contributed by atoms with van der Waals surface area (Å²) in [6.07, 6.45) is 5.25. The van der Waals surface area contributed by atoms with Gasteiger partial charge >= 0.3 is 6.09 Å². The first-order valence-corrected chi connectivity index (χ1v) is 13.9. The standard InChI is InChI=1S/C31H39N5O3/c1-18(2)24-14-25(29(38-7)32-15-24)26-16-33-30(35-10-8-9-21(35)5)34-27(26)17-36-22(6)28(39-31(36)37)23-12-19(3)11-20(4)13-23/h11-16,18,21-22,28H,8-10,17H2,1-7H3/t21-,22-,28-/m0/s1. The Morgan fingerprint density at radius 2 is 1.79 bits per heavy atom. The fourth-order valence-electron chi connectivity index (χ4n) is 5.76. The molecular formula is C31H39N5O3. The second kappa shape index (κ2) is 10.8. The van der Waals surface area contributed by atoms with Crippen LogP contribution in [0.3, 0.4) is 0 Å². The van der Waals surface area contributed by atoms with Crippen LogP contribution in [0.1, 0.15) is 80.5 Å². The lowest BCUT2D eigenvalue weighted by Gasteiger charge is -2.25. The summed E-state index contributed by atoms with van der Waals surface area (Å²) in [7, 11) is 1.62. The first kappa shape index (κ1) is 26.9. The topological polar surface area (TPSA) is 80.7 Å². The molecule has 2 fully saturated rings. The Labute approximate surface area is 231 Å². The number of carbonyl (C=O) groups excluding carboxylic acids is 1. The number of carbonyl (C=O) groups is 1. The van der Waals surface area contributed by atoms with Gasteiger partial charge in [0.25, 0.3) is 0 Å². The van der Waals surface area contributed by atoms with Gasteiger partial charge in [0.2, 0.25) is 11.8 Å². The SMILES string of the molecule is COc1ncc(C(C)C)cc1-c1cnc(N2CCC[C@@H]2C)nc1CN1C(=O)O[C@H](c2cc(C)cc(C)c2)[C@@H]1C. The number of cyclic esters (lactones) is 1. The number of rotatable bonds is 7. The highest BCUT2D eigenvalue weighted by molar-refractivity contribution is 5.74. The van der Waals surface area contributed by atoms with E-state index >= 15 is 0 Å². The molecule has 0 bridgehead atoms.